The zero-order valence-electron chi connectivity index (χ0n) is 10.4. The van der Waals surface area contributed by atoms with E-state index in [-0.39, 0.29) is 18.6 Å². The molecule has 0 unspecified atom stereocenters. The van der Waals surface area contributed by atoms with Crippen LogP contribution >= 0.6 is 0 Å². The molecule has 15 heavy (non-hydrogen) atoms. The summed E-state index contributed by atoms with van der Waals surface area (Å²) in [7, 11) is 0. The van der Waals surface area contributed by atoms with Gasteiger partial charge in [-0.2, -0.15) is 0 Å². The normalized spacial score (nSPS) is 10.0. The molecule has 0 atom stereocenters. The Morgan fingerprint density at radius 1 is 0.600 bits per heavy atom. The summed E-state index contributed by atoms with van der Waals surface area (Å²) in [5, 5.41) is 8.59. The maximum atomic E-state index is 8.59. The molecule has 0 aromatic rings. The molecular formula is C13H28OV+2. The Kier molecular flexibility index (Phi) is 20.3. The van der Waals surface area contributed by atoms with Crippen LogP contribution in [0.3, 0.4) is 0 Å². The van der Waals surface area contributed by atoms with Gasteiger partial charge < -0.3 is 5.11 Å². The van der Waals surface area contributed by atoms with E-state index < -0.39 is 0 Å². The van der Waals surface area contributed by atoms with Crippen LogP contribution in [0.15, 0.2) is 0 Å². The van der Waals surface area contributed by atoms with Crippen LogP contribution in [-0.4, -0.2) is 11.7 Å². The van der Waals surface area contributed by atoms with Crippen molar-refractivity contribution in [3.05, 3.63) is 0 Å². The summed E-state index contributed by atoms with van der Waals surface area (Å²) in [4.78, 5) is 0. The fourth-order valence-electron chi connectivity index (χ4n) is 1.78. The van der Waals surface area contributed by atoms with Crippen molar-refractivity contribution in [1.29, 1.82) is 0 Å². The Bertz CT molecular complexity index is 84.5. The van der Waals surface area contributed by atoms with Crippen molar-refractivity contribution in [3.63, 3.8) is 0 Å². The van der Waals surface area contributed by atoms with Crippen molar-refractivity contribution in [1.82, 2.24) is 0 Å². The van der Waals surface area contributed by atoms with Gasteiger partial charge in [-0.1, -0.05) is 71.1 Å². The summed E-state index contributed by atoms with van der Waals surface area (Å²) in [5.74, 6) is 0. The fourth-order valence-corrected chi connectivity index (χ4v) is 1.78. The molecule has 0 aromatic heterocycles. The monoisotopic (exact) mass is 251 g/mol. The van der Waals surface area contributed by atoms with Gasteiger partial charge in [0.05, 0.1) is 0 Å². The molecule has 0 heterocycles. The van der Waals surface area contributed by atoms with Gasteiger partial charge in [0, 0.05) is 6.61 Å². The smallest absolute Gasteiger partial charge is 0.396 e. The summed E-state index contributed by atoms with van der Waals surface area (Å²) in [6.07, 6.45) is 14.8. The molecule has 0 aliphatic heterocycles. The van der Waals surface area contributed by atoms with E-state index >= 15 is 0 Å². The van der Waals surface area contributed by atoms with Gasteiger partial charge >= 0.3 is 18.6 Å². The van der Waals surface area contributed by atoms with Crippen molar-refractivity contribution in [2.75, 3.05) is 6.61 Å². The number of aliphatic hydroxyl groups excluding tert-OH is 1. The Morgan fingerprint density at radius 2 is 0.933 bits per heavy atom. The molecule has 0 aliphatic rings. The zero-order chi connectivity index (χ0) is 10.5. The van der Waals surface area contributed by atoms with Crippen LogP contribution < -0.4 is 0 Å². The van der Waals surface area contributed by atoms with E-state index in [1.54, 1.807) is 0 Å². The summed E-state index contributed by atoms with van der Waals surface area (Å²) in [6, 6.07) is 0. The Morgan fingerprint density at radius 3 is 1.27 bits per heavy atom. The minimum atomic E-state index is 0. The molecule has 2 heteroatoms. The first-order valence-corrected chi connectivity index (χ1v) is 6.52. The van der Waals surface area contributed by atoms with E-state index in [2.05, 4.69) is 6.92 Å². The predicted octanol–water partition coefficient (Wildman–Crippen LogP) is 4.29. The first kappa shape index (κ1) is 17.9. The molecule has 0 bridgehead atoms. The van der Waals surface area contributed by atoms with Crippen LogP contribution in [0, 0.1) is 0 Å². The van der Waals surface area contributed by atoms with Crippen molar-refractivity contribution < 1.29 is 23.7 Å². The largest absolute Gasteiger partial charge is 2.00 e. The second-order valence-corrected chi connectivity index (χ2v) is 4.26. The maximum Gasteiger partial charge on any atom is 2.00 e. The molecule has 0 aromatic carbocycles. The van der Waals surface area contributed by atoms with Gasteiger partial charge in [0.1, 0.15) is 0 Å². The summed E-state index contributed by atoms with van der Waals surface area (Å²) in [6.45, 7) is 2.64. The molecule has 89 valence electrons. The standard InChI is InChI=1S/C13H28O.V/c1-2-3-4-5-6-7-8-9-10-11-12-13-14;/h14H,2-13H2,1H3;/q;+2. The van der Waals surface area contributed by atoms with Gasteiger partial charge in [-0.05, 0) is 6.42 Å². The van der Waals surface area contributed by atoms with Gasteiger partial charge in [0.2, 0.25) is 0 Å². The first-order chi connectivity index (χ1) is 6.91. The maximum absolute atomic E-state index is 8.59. The SMILES string of the molecule is CCCCCCCCCCCCCO.[V+2]. The van der Waals surface area contributed by atoms with Crippen LogP contribution in [0.25, 0.3) is 0 Å². The van der Waals surface area contributed by atoms with Crippen molar-refractivity contribution in [2.24, 2.45) is 0 Å². The molecule has 0 aliphatic carbocycles. The minimum absolute atomic E-state index is 0. The van der Waals surface area contributed by atoms with Crippen LogP contribution in [0.1, 0.15) is 77.6 Å². The molecule has 0 fully saturated rings. The number of hydrogen-bond acceptors (Lipinski definition) is 1. The van der Waals surface area contributed by atoms with Gasteiger partial charge in [-0.3, -0.25) is 0 Å². The van der Waals surface area contributed by atoms with Crippen LogP contribution in [0.5, 0.6) is 0 Å². The number of aliphatic hydroxyl groups is 1. The summed E-state index contributed by atoms with van der Waals surface area (Å²) < 4.78 is 0. The van der Waals surface area contributed by atoms with E-state index in [1.165, 1.54) is 64.2 Å². The molecule has 0 amide bonds. The predicted molar refractivity (Wildman–Crippen MR) is 63.5 cm³/mol. The second kappa shape index (κ2) is 17.0. The molecule has 1 N–H and O–H groups in total. The third-order valence-electron chi connectivity index (χ3n) is 2.76. The van der Waals surface area contributed by atoms with Crippen molar-refractivity contribution >= 4 is 0 Å². The second-order valence-electron chi connectivity index (χ2n) is 4.26. The Balaban J connectivity index is 0. The van der Waals surface area contributed by atoms with Crippen LogP contribution in [-0.2, 0) is 18.6 Å². The average molecular weight is 251 g/mol. The summed E-state index contributed by atoms with van der Waals surface area (Å²) in [5.41, 5.74) is 0. The molecule has 0 saturated heterocycles. The van der Waals surface area contributed by atoms with Crippen molar-refractivity contribution in [3.8, 4) is 0 Å². The molecule has 1 radical (unpaired) electrons. The van der Waals surface area contributed by atoms with E-state index in [0.717, 1.165) is 6.42 Å². The van der Waals surface area contributed by atoms with Gasteiger partial charge in [-0.25, -0.2) is 0 Å². The third kappa shape index (κ3) is 17.2. The van der Waals surface area contributed by atoms with E-state index in [1.807, 2.05) is 0 Å². The molecular weight excluding hydrogens is 223 g/mol. The Hall–Kier alpha value is 0.544. The quantitative estimate of drug-likeness (QED) is 0.543. The molecule has 0 rings (SSSR count). The number of rotatable bonds is 11. The van der Waals surface area contributed by atoms with Crippen molar-refractivity contribution in [2.45, 2.75) is 77.6 Å². The molecule has 0 spiro atoms. The molecule has 1 nitrogen and oxygen atoms in total. The molecule has 0 saturated carbocycles. The third-order valence-corrected chi connectivity index (χ3v) is 2.76. The van der Waals surface area contributed by atoms with Crippen LogP contribution in [0.2, 0.25) is 0 Å². The zero-order valence-corrected chi connectivity index (χ0v) is 11.8. The van der Waals surface area contributed by atoms with Gasteiger partial charge in [-0.15, -0.1) is 0 Å². The Labute approximate surface area is 108 Å². The fraction of sp³-hybridized carbons (Fsp3) is 1.00. The van der Waals surface area contributed by atoms with Gasteiger partial charge in [0.15, 0.2) is 0 Å². The average Bonchev–Trinajstić information content (AvgIpc) is 2.21. The minimum Gasteiger partial charge on any atom is -0.396 e. The number of hydrogen-bond donors (Lipinski definition) is 1. The summed E-state index contributed by atoms with van der Waals surface area (Å²) >= 11 is 0. The first-order valence-electron chi connectivity index (χ1n) is 6.52. The number of unbranched alkanes of at least 4 members (excludes halogenated alkanes) is 10. The van der Waals surface area contributed by atoms with Crippen LogP contribution in [0.4, 0.5) is 0 Å². The van der Waals surface area contributed by atoms with E-state index in [4.69, 9.17) is 5.11 Å². The van der Waals surface area contributed by atoms with E-state index in [9.17, 15) is 0 Å². The van der Waals surface area contributed by atoms with Gasteiger partial charge in [0.25, 0.3) is 0 Å². The van der Waals surface area contributed by atoms with E-state index in [0.29, 0.717) is 6.61 Å². The topological polar surface area (TPSA) is 20.2 Å².